The van der Waals surface area contributed by atoms with Gasteiger partial charge in [-0.25, -0.2) is 4.79 Å². The standard InChI is InChI=1S/C18H20N4O5/c1-11-10-15(27-20-11)19-17(24)12(2)26-16(23)8-9-22-14-7-5-4-6-13(14)21(3)18(22)25/h4-7,10,12H,8-9H2,1-3H3,(H,19,24). The predicted octanol–water partition coefficient (Wildman–Crippen LogP) is 1.60. The van der Waals surface area contributed by atoms with Crippen LogP contribution in [0.4, 0.5) is 5.88 Å². The van der Waals surface area contributed by atoms with Gasteiger partial charge >= 0.3 is 11.7 Å². The fourth-order valence-electron chi connectivity index (χ4n) is 2.74. The fourth-order valence-corrected chi connectivity index (χ4v) is 2.74. The van der Waals surface area contributed by atoms with E-state index < -0.39 is 18.0 Å². The maximum Gasteiger partial charge on any atom is 0.328 e. The Kier molecular flexibility index (Phi) is 5.11. The maximum absolute atomic E-state index is 12.3. The first-order chi connectivity index (χ1) is 12.9. The second-order valence-electron chi connectivity index (χ2n) is 6.19. The minimum Gasteiger partial charge on any atom is -0.452 e. The number of benzene rings is 1. The summed E-state index contributed by atoms with van der Waals surface area (Å²) in [5, 5.41) is 6.13. The number of rotatable bonds is 6. The molecule has 0 fully saturated rings. The Labute approximate surface area is 154 Å². The second-order valence-corrected chi connectivity index (χ2v) is 6.19. The summed E-state index contributed by atoms with van der Waals surface area (Å²) in [4.78, 5) is 36.4. The molecule has 142 valence electrons. The summed E-state index contributed by atoms with van der Waals surface area (Å²) in [6, 6.07) is 8.88. The number of amides is 1. The molecule has 1 N–H and O–H groups in total. The normalized spacial score (nSPS) is 12.1. The Morgan fingerprint density at radius 3 is 2.67 bits per heavy atom. The maximum atomic E-state index is 12.3. The molecule has 0 saturated carbocycles. The van der Waals surface area contributed by atoms with E-state index in [4.69, 9.17) is 9.26 Å². The lowest BCUT2D eigenvalue weighted by Crippen LogP contribution is -2.30. The first-order valence-electron chi connectivity index (χ1n) is 8.44. The van der Waals surface area contributed by atoms with E-state index >= 15 is 0 Å². The van der Waals surface area contributed by atoms with Crippen molar-refractivity contribution in [2.75, 3.05) is 5.32 Å². The molecule has 2 heterocycles. The van der Waals surface area contributed by atoms with Crippen molar-refractivity contribution in [3.63, 3.8) is 0 Å². The molecule has 9 heteroatoms. The Bertz CT molecular complexity index is 1050. The van der Waals surface area contributed by atoms with Crippen molar-refractivity contribution in [2.24, 2.45) is 7.05 Å². The second kappa shape index (κ2) is 7.48. The van der Waals surface area contributed by atoms with Gasteiger partial charge in [0.05, 0.1) is 23.1 Å². The molecule has 9 nitrogen and oxygen atoms in total. The third-order valence-electron chi connectivity index (χ3n) is 4.14. The van der Waals surface area contributed by atoms with E-state index in [0.717, 1.165) is 11.0 Å². The van der Waals surface area contributed by atoms with Crippen molar-refractivity contribution >= 4 is 28.8 Å². The lowest BCUT2D eigenvalue weighted by molar-refractivity contribution is -0.153. The van der Waals surface area contributed by atoms with Gasteiger partial charge in [-0.2, -0.15) is 0 Å². The summed E-state index contributed by atoms with van der Waals surface area (Å²) in [5.74, 6) is -0.921. The molecule has 1 unspecified atom stereocenters. The Hall–Kier alpha value is -3.36. The van der Waals surface area contributed by atoms with Crippen LogP contribution in [-0.4, -0.2) is 32.3 Å². The summed E-state index contributed by atoms with van der Waals surface area (Å²) in [6.45, 7) is 3.34. The summed E-state index contributed by atoms with van der Waals surface area (Å²) < 4.78 is 13.1. The Morgan fingerprint density at radius 2 is 2.00 bits per heavy atom. The number of hydrogen-bond donors (Lipinski definition) is 1. The number of carbonyl (C=O) groups is 2. The molecule has 0 aliphatic rings. The number of imidazole rings is 1. The van der Waals surface area contributed by atoms with Gasteiger partial charge in [-0.05, 0) is 26.0 Å². The highest BCUT2D eigenvalue weighted by molar-refractivity contribution is 5.94. The van der Waals surface area contributed by atoms with Crippen molar-refractivity contribution in [1.82, 2.24) is 14.3 Å². The SMILES string of the molecule is Cc1cc(NC(=O)C(C)OC(=O)CCn2c(=O)n(C)c3ccccc32)on1. The van der Waals surface area contributed by atoms with Gasteiger partial charge in [-0.1, -0.05) is 17.3 Å². The molecule has 0 saturated heterocycles. The fraction of sp³-hybridized carbons (Fsp3) is 0.333. The van der Waals surface area contributed by atoms with Gasteiger partial charge in [0.2, 0.25) is 5.88 Å². The predicted molar refractivity (Wildman–Crippen MR) is 97.2 cm³/mol. The van der Waals surface area contributed by atoms with Crippen LogP contribution in [-0.2, 0) is 27.9 Å². The average molecular weight is 372 g/mol. The molecule has 27 heavy (non-hydrogen) atoms. The molecular weight excluding hydrogens is 352 g/mol. The monoisotopic (exact) mass is 372 g/mol. The van der Waals surface area contributed by atoms with Crippen molar-refractivity contribution in [1.29, 1.82) is 0 Å². The number of esters is 1. The number of nitrogens with zero attached hydrogens (tertiary/aromatic N) is 3. The molecular formula is C18H20N4O5. The van der Waals surface area contributed by atoms with Gasteiger partial charge in [0.1, 0.15) is 0 Å². The number of nitrogens with one attached hydrogen (secondary N) is 1. The van der Waals surface area contributed by atoms with E-state index in [9.17, 15) is 14.4 Å². The molecule has 0 spiro atoms. The molecule has 0 aliphatic heterocycles. The van der Waals surface area contributed by atoms with Crippen molar-refractivity contribution < 1.29 is 18.8 Å². The third-order valence-corrected chi connectivity index (χ3v) is 4.14. The van der Waals surface area contributed by atoms with Gasteiger partial charge in [0.15, 0.2) is 6.10 Å². The van der Waals surface area contributed by atoms with E-state index in [1.54, 1.807) is 20.0 Å². The summed E-state index contributed by atoms with van der Waals surface area (Å²) in [7, 11) is 1.68. The van der Waals surface area contributed by atoms with Gasteiger partial charge in [-0.3, -0.25) is 24.0 Å². The van der Waals surface area contributed by atoms with Crippen LogP contribution in [0.2, 0.25) is 0 Å². The number of aryl methyl sites for hydroxylation is 3. The van der Waals surface area contributed by atoms with Gasteiger partial charge in [-0.15, -0.1) is 0 Å². The molecule has 0 radical (unpaired) electrons. The van der Waals surface area contributed by atoms with E-state index in [0.29, 0.717) is 5.69 Å². The van der Waals surface area contributed by atoms with Crippen LogP contribution in [0, 0.1) is 6.92 Å². The summed E-state index contributed by atoms with van der Waals surface area (Å²) >= 11 is 0. The molecule has 1 amide bonds. The summed E-state index contributed by atoms with van der Waals surface area (Å²) in [6.07, 6.45) is -1.04. The van der Waals surface area contributed by atoms with E-state index in [1.807, 2.05) is 24.3 Å². The van der Waals surface area contributed by atoms with E-state index in [2.05, 4.69) is 10.5 Å². The van der Waals surface area contributed by atoms with Crippen LogP contribution >= 0.6 is 0 Å². The highest BCUT2D eigenvalue weighted by Crippen LogP contribution is 2.13. The Balaban J connectivity index is 1.59. The van der Waals surface area contributed by atoms with Crippen molar-refractivity contribution in [2.45, 2.75) is 32.9 Å². The van der Waals surface area contributed by atoms with E-state index in [1.165, 1.54) is 16.1 Å². The van der Waals surface area contributed by atoms with Crippen molar-refractivity contribution in [3.05, 3.63) is 46.5 Å². The lowest BCUT2D eigenvalue weighted by Gasteiger charge is -2.12. The molecule has 3 aromatic rings. The average Bonchev–Trinajstić information content (AvgIpc) is 3.15. The molecule has 1 aromatic carbocycles. The third kappa shape index (κ3) is 3.91. The highest BCUT2D eigenvalue weighted by atomic mass is 16.5. The number of ether oxygens (including phenoxy) is 1. The van der Waals surface area contributed by atoms with Crippen LogP contribution < -0.4 is 11.0 Å². The molecule has 0 aliphatic carbocycles. The topological polar surface area (TPSA) is 108 Å². The number of fused-ring (bicyclic) bond motifs is 1. The first-order valence-corrected chi connectivity index (χ1v) is 8.44. The van der Waals surface area contributed by atoms with E-state index in [-0.39, 0.29) is 24.5 Å². The minimum absolute atomic E-state index is 0.0348. The Morgan fingerprint density at radius 1 is 1.30 bits per heavy atom. The zero-order valence-corrected chi connectivity index (χ0v) is 15.3. The van der Waals surface area contributed by atoms with Crippen LogP contribution in [0.15, 0.2) is 39.6 Å². The number of anilines is 1. The largest absolute Gasteiger partial charge is 0.452 e. The zero-order valence-electron chi connectivity index (χ0n) is 15.3. The van der Waals surface area contributed by atoms with Crippen LogP contribution in [0.25, 0.3) is 11.0 Å². The van der Waals surface area contributed by atoms with Gasteiger partial charge in [0.25, 0.3) is 5.91 Å². The van der Waals surface area contributed by atoms with Crippen LogP contribution in [0.3, 0.4) is 0 Å². The number of para-hydroxylation sites is 2. The smallest absolute Gasteiger partial charge is 0.328 e. The quantitative estimate of drug-likeness (QED) is 0.659. The molecule has 0 bridgehead atoms. The number of hydrogen-bond acceptors (Lipinski definition) is 6. The molecule has 1 atom stereocenters. The number of aromatic nitrogens is 3. The molecule has 3 rings (SSSR count). The summed E-state index contributed by atoms with van der Waals surface area (Å²) in [5.41, 5.74) is 1.93. The van der Waals surface area contributed by atoms with Crippen LogP contribution in [0.1, 0.15) is 19.0 Å². The highest BCUT2D eigenvalue weighted by Gasteiger charge is 2.20. The minimum atomic E-state index is -1.01. The van der Waals surface area contributed by atoms with Gasteiger partial charge < -0.3 is 9.26 Å². The first kappa shape index (κ1) is 18.4. The molecule has 2 aromatic heterocycles. The zero-order chi connectivity index (χ0) is 19.6. The van der Waals surface area contributed by atoms with Gasteiger partial charge in [0, 0.05) is 19.7 Å². The van der Waals surface area contributed by atoms with Crippen LogP contribution in [0.5, 0.6) is 0 Å². The number of carbonyl (C=O) groups excluding carboxylic acids is 2. The van der Waals surface area contributed by atoms with Crippen molar-refractivity contribution in [3.8, 4) is 0 Å². The lowest BCUT2D eigenvalue weighted by atomic mass is 10.3.